The summed E-state index contributed by atoms with van der Waals surface area (Å²) < 4.78 is 0. The summed E-state index contributed by atoms with van der Waals surface area (Å²) in [4.78, 5) is 22.5. The van der Waals surface area contributed by atoms with Crippen LogP contribution >= 0.6 is 11.6 Å². The number of phenols is 1. The molecule has 5 heteroatoms. The maximum Gasteiger partial charge on any atom is 0.217 e. The first-order valence-electron chi connectivity index (χ1n) is 5.16. The fourth-order valence-electron chi connectivity index (χ4n) is 1.45. The molecule has 0 aliphatic heterocycles. The zero-order chi connectivity index (χ0) is 12.8. The van der Waals surface area contributed by atoms with Crippen LogP contribution in [0.5, 0.6) is 5.75 Å². The van der Waals surface area contributed by atoms with Crippen LogP contribution in [0.15, 0.2) is 24.3 Å². The minimum Gasteiger partial charge on any atom is -0.508 e. The molecule has 0 bridgehead atoms. The number of amides is 1. The number of phenolic OH excluding ortho intramolecular Hbond substituents is 1. The predicted molar refractivity (Wildman–Crippen MR) is 65.1 cm³/mol. The summed E-state index contributed by atoms with van der Waals surface area (Å²) >= 11 is 5.48. The van der Waals surface area contributed by atoms with Crippen molar-refractivity contribution in [3.05, 3.63) is 29.8 Å². The second-order valence-electron chi connectivity index (χ2n) is 3.72. The van der Waals surface area contributed by atoms with E-state index in [1.165, 1.54) is 19.1 Å². The van der Waals surface area contributed by atoms with Gasteiger partial charge in [0.1, 0.15) is 5.75 Å². The Kier molecular flexibility index (Phi) is 4.97. The lowest BCUT2D eigenvalue weighted by Gasteiger charge is -2.15. The number of Topliss-reactive ketones (excluding diaryl/α,β-unsaturated/α-hetero) is 1. The van der Waals surface area contributed by atoms with Crippen molar-refractivity contribution in [3.63, 3.8) is 0 Å². The van der Waals surface area contributed by atoms with E-state index in [4.69, 9.17) is 16.7 Å². The Morgan fingerprint density at radius 1 is 1.35 bits per heavy atom. The Morgan fingerprint density at radius 2 is 1.94 bits per heavy atom. The van der Waals surface area contributed by atoms with Crippen molar-refractivity contribution in [2.45, 2.75) is 19.4 Å². The monoisotopic (exact) mass is 255 g/mol. The first-order chi connectivity index (χ1) is 8.02. The third-order valence-corrected chi connectivity index (χ3v) is 2.54. The predicted octanol–water partition coefficient (Wildman–Crippen LogP) is 1.25. The molecular weight excluding hydrogens is 242 g/mol. The molecule has 17 heavy (non-hydrogen) atoms. The number of rotatable bonds is 5. The van der Waals surface area contributed by atoms with Gasteiger partial charge in [0.05, 0.1) is 11.9 Å². The average Bonchev–Trinajstić information content (AvgIpc) is 2.29. The van der Waals surface area contributed by atoms with E-state index in [0.29, 0.717) is 6.42 Å². The quantitative estimate of drug-likeness (QED) is 0.778. The number of aromatic hydroxyl groups is 1. The van der Waals surface area contributed by atoms with Crippen LogP contribution in [-0.2, 0) is 16.0 Å². The second-order valence-corrected chi connectivity index (χ2v) is 3.99. The molecule has 1 atom stereocenters. The van der Waals surface area contributed by atoms with E-state index in [-0.39, 0.29) is 23.3 Å². The fourth-order valence-corrected chi connectivity index (χ4v) is 1.64. The summed E-state index contributed by atoms with van der Waals surface area (Å²) in [6, 6.07) is 5.85. The maximum absolute atomic E-state index is 11.5. The normalized spacial score (nSPS) is 11.9. The summed E-state index contributed by atoms with van der Waals surface area (Å²) in [6.45, 7) is 1.35. The van der Waals surface area contributed by atoms with Gasteiger partial charge in [-0.05, 0) is 24.1 Å². The van der Waals surface area contributed by atoms with Crippen LogP contribution in [0.25, 0.3) is 0 Å². The lowest BCUT2D eigenvalue weighted by molar-refractivity contribution is -0.125. The molecule has 4 nitrogen and oxygen atoms in total. The molecule has 1 aromatic carbocycles. The molecule has 0 aliphatic carbocycles. The summed E-state index contributed by atoms with van der Waals surface area (Å²) in [7, 11) is 0. The molecule has 0 heterocycles. The van der Waals surface area contributed by atoms with E-state index in [2.05, 4.69) is 5.32 Å². The molecule has 2 N–H and O–H groups in total. The van der Waals surface area contributed by atoms with Crippen molar-refractivity contribution in [2.75, 3.05) is 5.88 Å². The number of benzene rings is 1. The molecule has 0 fully saturated rings. The molecule has 0 saturated carbocycles. The number of hydrogen-bond donors (Lipinski definition) is 2. The molecule has 0 spiro atoms. The van der Waals surface area contributed by atoms with E-state index in [1.54, 1.807) is 12.1 Å². The van der Waals surface area contributed by atoms with Crippen LogP contribution in [0.3, 0.4) is 0 Å². The van der Waals surface area contributed by atoms with Gasteiger partial charge in [0.2, 0.25) is 5.91 Å². The molecule has 0 aliphatic rings. The van der Waals surface area contributed by atoms with Gasteiger partial charge in [-0.3, -0.25) is 9.59 Å². The van der Waals surface area contributed by atoms with Crippen molar-refractivity contribution < 1.29 is 14.7 Å². The number of ketones is 1. The Labute approximate surface area is 105 Å². The van der Waals surface area contributed by atoms with Gasteiger partial charge in [-0.1, -0.05) is 12.1 Å². The summed E-state index contributed by atoms with van der Waals surface area (Å²) in [5, 5.41) is 11.7. The van der Waals surface area contributed by atoms with Crippen molar-refractivity contribution in [1.29, 1.82) is 0 Å². The SMILES string of the molecule is CC(=O)NC(Cc1ccc(O)cc1)C(=O)CCl. The van der Waals surface area contributed by atoms with Gasteiger partial charge in [0.15, 0.2) is 5.78 Å². The number of carbonyl (C=O) groups excluding carboxylic acids is 2. The van der Waals surface area contributed by atoms with Crippen LogP contribution in [0.1, 0.15) is 12.5 Å². The van der Waals surface area contributed by atoms with Crippen molar-refractivity contribution in [2.24, 2.45) is 0 Å². The van der Waals surface area contributed by atoms with Crippen LogP contribution in [0, 0.1) is 0 Å². The average molecular weight is 256 g/mol. The molecule has 0 radical (unpaired) electrons. The third-order valence-electron chi connectivity index (χ3n) is 2.27. The zero-order valence-electron chi connectivity index (χ0n) is 9.44. The minimum atomic E-state index is -0.616. The molecule has 1 rings (SSSR count). The third kappa shape index (κ3) is 4.44. The van der Waals surface area contributed by atoms with Gasteiger partial charge in [-0.15, -0.1) is 11.6 Å². The summed E-state index contributed by atoms with van der Waals surface area (Å²) in [6.07, 6.45) is 0.366. The molecule has 92 valence electrons. The minimum absolute atomic E-state index is 0.136. The Morgan fingerprint density at radius 3 is 2.41 bits per heavy atom. The van der Waals surface area contributed by atoms with Gasteiger partial charge in [0, 0.05) is 6.92 Å². The summed E-state index contributed by atoms with van der Waals surface area (Å²) in [5.74, 6) is -0.473. The smallest absolute Gasteiger partial charge is 0.217 e. The number of halogens is 1. The maximum atomic E-state index is 11.5. The van der Waals surface area contributed by atoms with Gasteiger partial charge >= 0.3 is 0 Å². The summed E-state index contributed by atoms with van der Waals surface area (Å²) in [5.41, 5.74) is 0.847. The van der Waals surface area contributed by atoms with Crippen molar-refractivity contribution >= 4 is 23.3 Å². The topological polar surface area (TPSA) is 66.4 Å². The van der Waals surface area contributed by atoms with E-state index in [0.717, 1.165) is 5.56 Å². The Balaban J connectivity index is 2.75. The van der Waals surface area contributed by atoms with Gasteiger partial charge < -0.3 is 10.4 Å². The first kappa shape index (κ1) is 13.5. The molecule has 0 aromatic heterocycles. The molecule has 1 unspecified atom stereocenters. The van der Waals surface area contributed by atoms with Crippen molar-refractivity contribution in [3.8, 4) is 5.75 Å². The standard InChI is InChI=1S/C12H14ClNO3/c1-8(15)14-11(12(17)7-13)6-9-2-4-10(16)5-3-9/h2-5,11,16H,6-7H2,1H3,(H,14,15). The second kappa shape index (κ2) is 6.25. The largest absolute Gasteiger partial charge is 0.508 e. The fraction of sp³-hybridized carbons (Fsp3) is 0.333. The van der Waals surface area contributed by atoms with Crippen LogP contribution in [0.4, 0.5) is 0 Å². The zero-order valence-corrected chi connectivity index (χ0v) is 10.2. The number of alkyl halides is 1. The lowest BCUT2D eigenvalue weighted by Crippen LogP contribution is -2.41. The molecular formula is C12H14ClNO3. The molecule has 0 saturated heterocycles. The molecule has 1 aromatic rings. The van der Waals surface area contributed by atoms with E-state index in [1.807, 2.05) is 0 Å². The van der Waals surface area contributed by atoms with Gasteiger partial charge in [-0.2, -0.15) is 0 Å². The van der Waals surface area contributed by atoms with E-state index < -0.39 is 6.04 Å². The highest BCUT2D eigenvalue weighted by atomic mass is 35.5. The highest BCUT2D eigenvalue weighted by Crippen LogP contribution is 2.11. The van der Waals surface area contributed by atoms with Crippen LogP contribution < -0.4 is 5.32 Å². The highest BCUT2D eigenvalue weighted by Gasteiger charge is 2.18. The van der Waals surface area contributed by atoms with Gasteiger partial charge in [-0.25, -0.2) is 0 Å². The highest BCUT2D eigenvalue weighted by molar-refractivity contribution is 6.28. The van der Waals surface area contributed by atoms with Gasteiger partial charge in [0.25, 0.3) is 0 Å². The van der Waals surface area contributed by atoms with Crippen LogP contribution in [-0.4, -0.2) is 28.7 Å². The Bertz CT molecular complexity index is 403. The van der Waals surface area contributed by atoms with Crippen LogP contribution in [0.2, 0.25) is 0 Å². The number of nitrogens with one attached hydrogen (secondary N) is 1. The van der Waals surface area contributed by atoms with E-state index in [9.17, 15) is 9.59 Å². The number of hydrogen-bond acceptors (Lipinski definition) is 3. The first-order valence-corrected chi connectivity index (χ1v) is 5.70. The number of carbonyl (C=O) groups is 2. The van der Waals surface area contributed by atoms with Crippen molar-refractivity contribution in [1.82, 2.24) is 5.32 Å². The van der Waals surface area contributed by atoms with E-state index >= 15 is 0 Å². The lowest BCUT2D eigenvalue weighted by atomic mass is 10.0. The molecule has 1 amide bonds. The Hall–Kier alpha value is -1.55.